The van der Waals surface area contributed by atoms with Gasteiger partial charge >= 0.3 is 0 Å². The molecule has 1 atom stereocenters. The summed E-state index contributed by atoms with van der Waals surface area (Å²) in [6.45, 7) is 2.63. The minimum Gasteiger partial charge on any atom is -0.367 e. The number of aromatic nitrogens is 4. The summed E-state index contributed by atoms with van der Waals surface area (Å²) in [4.78, 5) is 11.5. The Kier molecular flexibility index (Phi) is 4.03. The highest BCUT2D eigenvalue weighted by Gasteiger charge is 2.41. The molecule has 7 nitrogen and oxygen atoms in total. The molecular weight excluding hydrogens is 270 g/mol. The first kappa shape index (κ1) is 14.2. The molecule has 3 N–H and O–H groups in total. The van der Waals surface area contributed by atoms with Crippen LogP contribution in [0.2, 0.25) is 0 Å². The van der Waals surface area contributed by atoms with Crippen LogP contribution in [-0.2, 0) is 16.8 Å². The lowest BCUT2D eigenvalue weighted by Crippen LogP contribution is -2.28. The van der Waals surface area contributed by atoms with Crippen LogP contribution in [0.1, 0.15) is 56.1 Å². The van der Waals surface area contributed by atoms with Gasteiger partial charge in [0.05, 0.1) is 12.4 Å². The molecule has 0 bridgehead atoms. The number of nitrogens with one attached hydrogen (secondary N) is 1. The molecule has 0 spiro atoms. The van der Waals surface area contributed by atoms with Crippen LogP contribution in [0.4, 0.5) is 0 Å². The van der Waals surface area contributed by atoms with Crippen molar-refractivity contribution < 1.29 is 9.26 Å². The van der Waals surface area contributed by atoms with Crippen molar-refractivity contribution in [2.75, 3.05) is 6.61 Å². The minimum atomic E-state index is -0.385. The van der Waals surface area contributed by atoms with Gasteiger partial charge in [-0.3, -0.25) is 0 Å². The van der Waals surface area contributed by atoms with Gasteiger partial charge in [-0.05, 0) is 32.6 Å². The summed E-state index contributed by atoms with van der Waals surface area (Å²) in [5.41, 5.74) is 6.69. The highest BCUT2D eigenvalue weighted by Crippen LogP contribution is 2.40. The Balaban J connectivity index is 1.75. The molecule has 7 heteroatoms. The summed E-state index contributed by atoms with van der Waals surface area (Å²) in [6.07, 6.45) is 8.10. The molecule has 1 unspecified atom stereocenters. The van der Waals surface area contributed by atoms with E-state index < -0.39 is 0 Å². The zero-order chi connectivity index (χ0) is 14.7. The summed E-state index contributed by atoms with van der Waals surface area (Å²) in [5, 5.41) is 4.12. The maximum atomic E-state index is 6.13. The lowest BCUT2D eigenvalue weighted by Gasteiger charge is -2.24. The first-order valence-electron chi connectivity index (χ1n) is 7.44. The van der Waals surface area contributed by atoms with E-state index in [1.54, 1.807) is 12.5 Å². The van der Waals surface area contributed by atoms with E-state index in [0.717, 1.165) is 31.4 Å². The molecule has 114 valence electrons. The molecule has 0 radical (unpaired) electrons. The highest BCUT2D eigenvalue weighted by atomic mass is 16.5. The molecule has 21 heavy (non-hydrogen) atoms. The zero-order valence-electron chi connectivity index (χ0n) is 12.2. The minimum absolute atomic E-state index is 0.341. The fraction of sp³-hybridized carbons (Fsp3) is 0.643. The van der Waals surface area contributed by atoms with Gasteiger partial charge in [0.1, 0.15) is 5.60 Å². The first-order valence-corrected chi connectivity index (χ1v) is 7.44. The van der Waals surface area contributed by atoms with E-state index in [-0.39, 0.29) is 11.6 Å². The Morgan fingerprint density at radius 3 is 2.95 bits per heavy atom. The van der Waals surface area contributed by atoms with Crippen LogP contribution in [0.5, 0.6) is 0 Å². The predicted octanol–water partition coefficient (Wildman–Crippen LogP) is 1.84. The third-order valence-corrected chi connectivity index (χ3v) is 3.99. The molecule has 2 heterocycles. The fourth-order valence-electron chi connectivity index (χ4n) is 2.95. The molecule has 0 amide bonds. The van der Waals surface area contributed by atoms with Crippen molar-refractivity contribution in [2.45, 2.75) is 50.7 Å². The van der Waals surface area contributed by atoms with Gasteiger partial charge in [0.15, 0.2) is 0 Å². The number of hydrogen-bond donors (Lipinski definition) is 2. The molecule has 1 aliphatic rings. The lowest BCUT2D eigenvalue weighted by atomic mass is 10.0. The molecule has 0 saturated heterocycles. The van der Waals surface area contributed by atoms with Gasteiger partial charge < -0.3 is 20.0 Å². The molecule has 0 aromatic carbocycles. The van der Waals surface area contributed by atoms with E-state index in [1.165, 1.54) is 0 Å². The molecule has 1 saturated carbocycles. The van der Waals surface area contributed by atoms with Gasteiger partial charge in [0.25, 0.3) is 0 Å². The van der Waals surface area contributed by atoms with Crippen LogP contribution in [0.3, 0.4) is 0 Å². The maximum Gasteiger partial charge on any atom is 0.244 e. The molecular formula is C14H21N5O2. The summed E-state index contributed by atoms with van der Waals surface area (Å²) in [7, 11) is 0. The second-order valence-corrected chi connectivity index (χ2v) is 5.48. The smallest absolute Gasteiger partial charge is 0.244 e. The van der Waals surface area contributed by atoms with Crippen molar-refractivity contribution in [1.29, 1.82) is 0 Å². The third-order valence-electron chi connectivity index (χ3n) is 3.99. The number of aromatic amines is 1. The number of nitrogens with two attached hydrogens (primary N) is 1. The maximum absolute atomic E-state index is 6.13. The first-order chi connectivity index (χ1) is 10.2. The predicted molar refractivity (Wildman–Crippen MR) is 75.3 cm³/mol. The Morgan fingerprint density at radius 1 is 1.48 bits per heavy atom. The topological polar surface area (TPSA) is 103 Å². The highest BCUT2D eigenvalue weighted by molar-refractivity contribution is 5.07. The van der Waals surface area contributed by atoms with Gasteiger partial charge in [0.2, 0.25) is 11.7 Å². The second-order valence-electron chi connectivity index (χ2n) is 5.48. The summed E-state index contributed by atoms with van der Waals surface area (Å²) < 4.78 is 11.3. The fourth-order valence-corrected chi connectivity index (χ4v) is 2.95. The quantitative estimate of drug-likeness (QED) is 0.841. The normalized spacial score (nSPS) is 19.0. The summed E-state index contributed by atoms with van der Waals surface area (Å²) >= 11 is 0. The average molecular weight is 291 g/mol. The molecule has 0 aliphatic heterocycles. The molecule has 3 rings (SSSR count). The Morgan fingerprint density at radius 2 is 2.29 bits per heavy atom. The lowest BCUT2D eigenvalue weighted by molar-refractivity contribution is -0.0469. The third kappa shape index (κ3) is 2.84. The van der Waals surface area contributed by atoms with Gasteiger partial charge in [0, 0.05) is 24.9 Å². The van der Waals surface area contributed by atoms with Gasteiger partial charge in [-0.1, -0.05) is 5.16 Å². The van der Waals surface area contributed by atoms with Crippen molar-refractivity contribution in [3.8, 4) is 0 Å². The van der Waals surface area contributed by atoms with Crippen molar-refractivity contribution in [2.24, 2.45) is 5.73 Å². The number of hydrogen-bond acceptors (Lipinski definition) is 6. The van der Waals surface area contributed by atoms with Crippen molar-refractivity contribution >= 4 is 0 Å². The van der Waals surface area contributed by atoms with Gasteiger partial charge in [-0.15, -0.1) is 0 Å². The number of rotatable bonds is 6. The number of nitrogens with zero attached hydrogens (tertiary/aromatic N) is 3. The van der Waals surface area contributed by atoms with Crippen LogP contribution in [0.15, 0.2) is 17.0 Å². The zero-order valence-corrected chi connectivity index (χ0v) is 12.2. The Bertz CT molecular complexity index is 560. The van der Waals surface area contributed by atoms with Crippen LogP contribution in [-0.4, -0.2) is 26.7 Å². The van der Waals surface area contributed by atoms with Crippen LogP contribution in [0.25, 0.3) is 0 Å². The molecule has 1 fully saturated rings. The number of imidazole rings is 1. The average Bonchev–Trinajstić information content (AvgIpc) is 3.20. The largest absolute Gasteiger partial charge is 0.367 e. The Hall–Kier alpha value is -1.73. The SMILES string of the molecule is CCOC1(c2noc(C(N)Cc3cnc[nH]3)n2)CCCC1. The molecule has 1 aliphatic carbocycles. The van der Waals surface area contributed by atoms with Gasteiger partial charge in [-0.25, -0.2) is 4.98 Å². The molecule has 2 aromatic rings. The van der Waals surface area contributed by atoms with Crippen molar-refractivity contribution in [1.82, 2.24) is 20.1 Å². The van der Waals surface area contributed by atoms with Crippen LogP contribution < -0.4 is 5.73 Å². The second kappa shape index (κ2) is 5.95. The van der Waals surface area contributed by atoms with Crippen LogP contribution >= 0.6 is 0 Å². The van der Waals surface area contributed by atoms with E-state index in [4.69, 9.17) is 15.0 Å². The van der Waals surface area contributed by atoms with E-state index in [2.05, 4.69) is 20.1 Å². The summed E-state index contributed by atoms with van der Waals surface area (Å²) in [5.74, 6) is 1.09. The van der Waals surface area contributed by atoms with Crippen molar-refractivity contribution in [3.63, 3.8) is 0 Å². The van der Waals surface area contributed by atoms with Crippen molar-refractivity contribution in [3.05, 3.63) is 29.9 Å². The van der Waals surface area contributed by atoms with E-state index in [9.17, 15) is 0 Å². The van der Waals surface area contributed by atoms with E-state index in [0.29, 0.717) is 24.7 Å². The van der Waals surface area contributed by atoms with Crippen LogP contribution in [0, 0.1) is 0 Å². The summed E-state index contributed by atoms with van der Waals surface area (Å²) in [6, 6.07) is -0.341. The number of ether oxygens (including phenoxy) is 1. The molecule has 2 aromatic heterocycles. The standard InChI is InChI=1S/C14H21N5O2/c1-2-20-14(5-3-4-6-14)13-18-12(21-19-13)11(15)7-10-8-16-9-17-10/h8-9,11H,2-7,15H2,1H3,(H,16,17). The number of H-pyrrole nitrogens is 1. The van der Waals surface area contributed by atoms with Gasteiger partial charge in [-0.2, -0.15) is 4.98 Å². The Labute approximate surface area is 123 Å². The van der Waals surface area contributed by atoms with E-state index in [1.807, 2.05) is 6.92 Å². The van der Waals surface area contributed by atoms with E-state index >= 15 is 0 Å². The monoisotopic (exact) mass is 291 g/mol.